The monoisotopic (exact) mass is 231 g/mol. The van der Waals surface area contributed by atoms with Gasteiger partial charge in [-0.3, -0.25) is 0 Å². The average molecular weight is 231 g/mol. The predicted molar refractivity (Wildman–Crippen MR) is 74.2 cm³/mol. The van der Waals surface area contributed by atoms with Gasteiger partial charge in [0.1, 0.15) is 0 Å². The number of rotatable bonds is 4. The summed E-state index contributed by atoms with van der Waals surface area (Å²) in [5.41, 5.74) is 10.8. The van der Waals surface area contributed by atoms with Crippen molar-refractivity contribution < 1.29 is 0 Å². The highest BCUT2D eigenvalue weighted by Gasteiger charge is 2.27. The molecule has 0 bridgehead atoms. The van der Waals surface area contributed by atoms with E-state index < -0.39 is 0 Å². The average Bonchev–Trinajstić information content (AvgIpc) is 2.75. The molecular weight excluding hydrogens is 206 g/mol. The van der Waals surface area contributed by atoms with Gasteiger partial charge in [0.05, 0.1) is 0 Å². The van der Waals surface area contributed by atoms with Crippen LogP contribution in [0.25, 0.3) is 0 Å². The van der Waals surface area contributed by atoms with E-state index in [2.05, 4.69) is 39.0 Å². The van der Waals surface area contributed by atoms with Crippen molar-refractivity contribution in [3.8, 4) is 0 Å². The Kier molecular flexibility index (Phi) is 3.58. The van der Waals surface area contributed by atoms with Gasteiger partial charge in [0.2, 0.25) is 0 Å². The molecule has 0 radical (unpaired) electrons. The molecule has 0 aliphatic heterocycles. The Hall–Kier alpha value is -0.820. The molecule has 94 valence electrons. The van der Waals surface area contributed by atoms with Gasteiger partial charge >= 0.3 is 0 Å². The topological polar surface area (TPSA) is 26.0 Å². The van der Waals surface area contributed by atoms with Crippen molar-refractivity contribution in [3.05, 3.63) is 34.9 Å². The van der Waals surface area contributed by atoms with E-state index in [9.17, 15) is 0 Å². The Labute approximate surface area is 105 Å². The fourth-order valence-corrected chi connectivity index (χ4v) is 2.71. The lowest BCUT2D eigenvalue weighted by Crippen LogP contribution is -2.34. The maximum atomic E-state index is 5.97. The van der Waals surface area contributed by atoms with Crippen LogP contribution in [0.1, 0.15) is 43.9 Å². The van der Waals surface area contributed by atoms with Gasteiger partial charge in [0.15, 0.2) is 0 Å². The molecule has 1 heteroatoms. The van der Waals surface area contributed by atoms with Gasteiger partial charge in [-0.15, -0.1) is 0 Å². The van der Waals surface area contributed by atoms with Crippen LogP contribution in [-0.2, 0) is 19.3 Å². The number of benzene rings is 1. The molecule has 1 aromatic rings. The summed E-state index contributed by atoms with van der Waals surface area (Å²) < 4.78 is 0. The Morgan fingerprint density at radius 3 is 2.59 bits per heavy atom. The van der Waals surface area contributed by atoms with Gasteiger partial charge in [-0.2, -0.15) is 0 Å². The van der Waals surface area contributed by atoms with Crippen molar-refractivity contribution in [1.29, 1.82) is 0 Å². The highest BCUT2D eigenvalue weighted by atomic mass is 14.6. The quantitative estimate of drug-likeness (QED) is 0.845. The van der Waals surface area contributed by atoms with E-state index in [1.165, 1.54) is 24.8 Å². The van der Waals surface area contributed by atoms with Crippen molar-refractivity contribution >= 4 is 0 Å². The zero-order valence-electron chi connectivity index (χ0n) is 11.4. The summed E-state index contributed by atoms with van der Waals surface area (Å²) in [6.45, 7) is 7.63. The number of fused-ring (bicyclic) bond motifs is 1. The summed E-state index contributed by atoms with van der Waals surface area (Å²) in [5.74, 6) is 0.626. The molecule has 1 nitrogen and oxygen atoms in total. The SMILES string of the molecule is CC(C)C(C)(CN)Cc1ccc2c(c1)CCC2. The van der Waals surface area contributed by atoms with Crippen LogP contribution in [0.15, 0.2) is 18.2 Å². The molecular formula is C16H25N. The Morgan fingerprint density at radius 2 is 1.94 bits per heavy atom. The highest BCUT2D eigenvalue weighted by Crippen LogP contribution is 2.32. The Balaban J connectivity index is 2.18. The fourth-order valence-electron chi connectivity index (χ4n) is 2.71. The smallest absolute Gasteiger partial charge is 0.00175 e. The van der Waals surface area contributed by atoms with E-state index in [1.54, 1.807) is 11.1 Å². The zero-order chi connectivity index (χ0) is 12.5. The molecule has 1 aromatic carbocycles. The van der Waals surface area contributed by atoms with Crippen molar-refractivity contribution in [1.82, 2.24) is 0 Å². The van der Waals surface area contributed by atoms with E-state index in [-0.39, 0.29) is 5.41 Å². The van der Waals surface area contributed by atoms with Gasteiger partial charge in [-0.1, -0.05) is 39.0 Å². The van der Waals surface area contributed by atoms with Crippen LogP contribution in [0.3, 0.4) is 0 Å². The second kappa shape index (κ2) is 4.81. The van der Waals surface area contributed by atoms with E-state index in [1.807, 2.05) is 0 Å². The van der Waals surface area contributed by atoms with Crippen molar-refractivity contribution in [2.75, 3.05) is 6.54 Å². The van der Waals surface area contributed by atoms with E-state index >= 15 is 0 Å². The van der Waals surface area contributed by atoms with Crippen LogP contribution in [-0.4, -0.2) is 6.54 Å². The van der Waals surface area contributed by atoms with Gasteiger partial charge in [0, 0.05) is 0 Å². The molecule has 0 saturated carbocycles. The highest BCUT2D eigenvalue weighted by molar-refractivity contribution is 5.35. The van der Waals surface area contributed by atoms with Crippen LogP contribution in [0.2, 0.25) is 0 Å². The molecule has 0 heterocycles. The summed E-state index contributed by atoms with van der Waals surface area (Å²) in [7, 11) is 0. The number of hydrogen-bond acceptors (Lipinski definition) is 1. The number of hydrogen-bond donors (Lipinski definition) is 1. The summed E-state index contributed by atoms with van der Waals surface area (Å²) in [6.07, 6.45) is 4.98. The maximum absolute atomic E-state index is 5.97. The van der Waals surface area contributed by atoms with Crippen LogP contribution >= 0.6 is 0 Å². The molecule has 1 aliphatic carbocycles. The third kappa shape index (κ3) is 2.55. The molecule has 1 aliphatic rings. The molecule has 2 N–H and O–H groups in total. The summed E-state index contributed by atoms with van der Waals surface area (Å²) >= 11 is 0. The summed E-state index contributed by atoms with van der Waals surface area (Å²) in [4.78, 5) is 0. The Bertz CT molecular complexity index is 395. The van der Waals surface area contributed by atoms with Crippen LogP contribution in [0.5, 0.6) is 0 Å². The first-order chi connectivity index (χ1) is 8.05. The first-order valence-corrected chi connectivity index (χ1v) is 6.86. The minimum absolute atomic E-state index is 0.229. The van der Waals surface area contributed by atoms with Gasteiger partial charge in [0.25, 0.3) is 0 Å². The summed E-state index contributed by atoms with van der Waals surface area (Å²) in [5, 5.41) is 0. The van der Waals surface area contributed by atoms with E-state index in [4.69, 9.17) is 5.73 Å². The lowest BCUT2D eigenvalue weighted by atomic mass is 9.74. The largest absolute Gasteiger partial charge is 0.330 e. The minimum atomic E-state index is 0.229. The number of nitrogens with two attached hydrogens (primary N) is 1. The van der Waals surface area contributed by atoms with Crippen LogP contribution < -0.4 is 5.73 Å². The van der Waals surface area contributed by atoms with E-state index in [0.29, 0.717) is 5.92 Å². The number of aryl methyl sites for hydroxylation is 2. The third-order valence-corrected chi connectivity index (χ3v) is 4.63. The van der Waals surface area contributed by atoms with Gasteiger partial charge in [-0.05, 0) is 60.3 Å². The van der Waals surface area contributed by atoms with Gasteiger partial charge < -0.3 is 5.73 Å². The molecule has 17 heavy (non-hydrogen) atoms. The van der Waals surface area contributed by atoms with Crippen LogP contribution in [0, 0.1) is 11.3 Å². The maximum Gasteiger partial charge on any atom is -0.00175 e. The van der Waals surface area contributed by atoms with Crippen molar-refractivity contribution in [2.24, 2.45) is 17.1 Å². The molecule has 0 aromatic heterocycles. The first kappa shape index (κ1) is 12.6. The standard InChI is InChI=1S/C16H25N/c1-12(2)16(3,11-17)10-13-7-8-14-5-4-6-15(14)9-13/h7-9,12H,4-6,10-11,17H2,1-3H3. The zero-order valence-corrected chi connectivity index (χ0v) is 11.4. The third-order valence-electron chi connectivity index (χ3n) is 4.63. The molecule has 2 rings (SSSR count). The lowest BCUT2D eigenvalue weighted by Gasteiger charge is -2.32. The predicted octanol–water partition coefficient (Wildman–Crippen LogP) is 3.34. The molecule has 0 saturated heterocycles. The van der Waals surface area contributed by atoms with E-state index in [0.717, 1.165) is 13.0 Å². The fraction of sp³-hybridized carbons (Fsp3) is 0.625. The lowest BCUT2D eigenvalue weighted by molar-refractivity contribution is 0.227. The second-order valence-corrected chi connectivity index (χ2v) is 6.15. The second-order valence-electron chi connectivity index (χ2n) is 6.15. The molecule has 1 atom stereocenters. The van der Waals surface area contributed by atoms with Crippen molar-refractivity contribution in [2.45, 2.75) is 46.5 Å². The van der Waals surface area contributed by atoms with Crippen LogP contribution in [0.4, 0.5) is 0 Å². The first-order valence-electron chi connectivity index (χ1n) is 6.86. The summed E-state index contributed by atoms with van der Waals surface area (Å²) in [6, 6.07) is 7.05. The molecule has 1 unspecified atom stereocenters. The normalized spacial score (nSPS) is 18.2. The molecule has 0 fully saturated rings. The minimum Gasteiger partial charge on any atom is -0.330 e. The molecule has 0 amide bonds. The molecule has 0 spiro atoms. The van der Waals surface area contributed by atoms with Gasteiger partial charge in [-0.25, -0.2) is 0 Å². The van der Waals surface area contributed by atoms with Crippen molar-refractivity contribution in [3.63, 3.8) is 0 Å². The Morgan fingerprint density at radius 1 is 1.24 bits per heavy atom.